The van der Waals surface area contributed by atoms with Crippen LogP contribution < -0.4 is 5.32 Å². The van der Waals surface area contributed by atoms with Crippen LogP contribution in [0.3, 0.4) is 0 Å². The molecule has 1 saturated carbocycles. The van der Waals surface area contributed by atoms with Crippen molar-refractivity contribution in [2.45, 2.75) is 57.7 Å². The lowest BCUT2D eigenvalue weighted by Crippen LogP contribution is -2.27. The maximum atomic E-state index is 12.7. The SMILES string of the molecule is CCCC1CCC(Nc2cc(C(F)(F)F)nc(Cl)n2)CC1. The third kappa shape index (κ3) is 4.73. The van der Waals surface area contributed by atoms with Crippen LogP contribution in [0.15, 0.2) is 6.07 Å². The molecule has 0 unspecified atom stereocenters. The quantitative estimate of drug-likeness (QED) is 0.800. The highest BCUT2D eigenvalue weighted by Gasteiger charge is 2.34. The largest absolute Gasteiger partial charge is 0.433 e. The predicted molar refractivity (Wildman–Crippen MR) is 76.3 cm³/mol. The molecule has 0 saturated heterocycles. The molecule has 1 aliphatic carbocycles. The monoisotopic (exact) mass is 321 g/mol. The first-order valence-electron chi connectivity index (χ1n) is 7.26. The summed E-state index contributed by atoms with van der Waals surface area (Å²) in [5.74, 6) is 0.897. The second-order valence-electron chi connectivity index (χ2n) is 5.56. The molecule has 0 amide bonds. The topological polar surface area (TPSA) is 37.8 Å². The molecule has 1 fully saturated rings. The lowest BCUT2D eigenvalue weighted by atomic mass is 9.83. The Kier molecular flexibility index (Phi) is 5.30. The van der Waals surface area contributed by atoms with E-state index in [9.17, 15) is 13.2 Å². The Morgan fingerprint density at radius 3 is 2.48 bits per heavy atom. The zero-order valence-corrected chi connectivity index (χ0v) is 12.6. The summed E-state index contributed by atoms with van der Waals surface area (Å²) in [6, 6.07) is 1.08. The van der Waals surface area contributed by atoms with Gasteiger partial charge in [0.05, 0.1) is 0 Å². The molecule has 0 spiro atoms. The van der Waals surface area contributed by atoms with Gasteiger partial charge in [-0.3, -0.25) is 0 Å². The minimum absolute atomic E-state index is 0.154. The Bertz CT molecular complexity index is 471. The lowest BCUT2D eigenvalue weighted by molar-refractivity contribution is -0.141. The van der Waals surface area contributed by atoms with E-state index in [4.69, 9.17) is 11.6 Å². The van der Waals surface area contributed by atoms with Gasteiger partial charge in [-0.1, -0.05) is 19.8 Å². The zero-order chi connectivity index (χ0) is 15.5. The van der Waals surface area contributed by atoms with E-state index in [1.165, 1.54) is 12.8 Å². The number of alkyl halides is 3. The molecule has 7 heteroatoms. The van der Waals surface area contributed by atoms with E-state index in [1.54, 1.807) is 0 Å². The maximum absolute atomic E-state index is 12.7. The Hall–Kier alpha value is -1.04. The normalized spacial score (nSPS) is 23.1. The van der Waals surface area contributed by atoms with Crippen LogP contribution in [-0.4, -0.2) is 16.0 Å². The van der Waals surface area contributed by atoms with Crippen molar-refractivity contribution in [3.8, 4) is 0 Å². The van der Waals surface area contributed by atoms with Gasteiger partial charge in [-0.2, -0.15) is 13.2 Å². The van der Waals surface area contributed by atoms with E-state index in [1.807, 2.05) is 0 Å². The third-order valence-corrected chi connectivity index (χ3v) is 4.05. The number of hydrogen-bond donors (Lipinski definition) is 1. The molecule has 0 bridgehead atoms. The predicted octanol–water partition coefficient (Wildman–Crippen LogP) is 4.92. The minimum Gasteiger partial charge on any atom is -0.367 e. The molecule has 21 heavy (non-hydrogen) atoms. The summed E-state index contributed by atoms with van der Waals surface area (Å²) < 4.78 is 38.1. The van der Waals surface area contributed by atoms with E-state index in [-0.39, 0.29) is 17.1 Å². The van der Waals surface area contributed by atoms with Crippen LogP contribution in [0.4, 0.5) is 19.0 Å². The number of nitrogens with zero attached hydrogens (tertiary/aromatic N) is 2. The average molecular weight is 322 g/mol. The summed E-state index contributed by atoms with van der Waals surface area (Å²) in [4.78, 5) is 7.06. The summed E-state index contributed by atoms with van der Waals surface area (Å²) >= 11 is 5.58. The van der Waals surface area contributed by atoms with Crippen LogP contribution in [0.5, 0.6) is 0 Å². The van der Waals surface area contributed by atoms with Crippen LogP contribution in [0.25, 0.3) is 0 Å². The first-order valence-corrected chi connectivity index (χ1v) is 7.64. The molecule has 1 aromatic heterocycles. The smallest absolute Gasteiger partial charge is 0.367 e. The molecule has 1 aromatic rings. The second-order valence-corrected chi connectivity index (χ2v) is 5.89. The third-order valence-electron chi connectivity index (χ3n) is 3.88. The molecule has 1 N–H and O–H groups in total. The highest BCUT2D eigenvalue weighted by atomic mass is 35.5. The van der Waals surface area contributed by atoms with Gasteiger partial charge in [-0.05, 0) is 43.2 Å². The van der Waals surface area contributed by atoms with Crippen LogP contribution in [0, 0.1) is 5.92 Å². The van der Waals surface area contributed by atoms with Crippen molar-refractivity contribution >= 4 is 17.4 Å². The van der Waals surface area contributed by atoms with Gasteiger partial charge in [-0.15, -0.1) is 0 Å². The van der Waals surface area contributed by atoms with Crippen LogP contribution in [0.1, 0.15) is 51.1 Å². The Labute approximate surface area is 127 Å². The van der Waals surface area contributed by atoms with Gasteiger partial charge < -0.3 is 5.32 Å². The van der Waals surface area contributed by atoms with Gasteiger partial charge in [0, 0.05) is 12.1 Å². The van der Waals surface area contributed by atoms with Crippen molar-refractivity contribution in [1.82, 2.24) is 9.97 Å². The van der Waals surface area contributed by atoms with E-state index in [0.29, 0.717) is 0 Å². The molecule has 1 heterocycles. The summed E-state index contributed by atoms with van der Waals surface area (Å²) in [5.41, 5.74) is -1.01. The van der Waals surface area contributed by atoms with E-state index >= 15 is 0 Å². The first kappa shape index (κ1) is 16.3. The molecular formula is C14H19ClF3N3. The van der Waals surface area contributed by atoms with Gasteiger partial charge in [-0.25, -0.2) is 9.97 Å². The molecular weight excluding hydrogens is 303 g/mol. The number of hydrogen-bond acceptors (Lipinski definition) is 3. The molecule has 1 aliphatic rings. The zero-order valence-electron chi connectivity index (χ0n) is 11.9. The fourth-order valence-electron chi connectivity index (χ4n) is 2.85. The Morgan fingerprint density at radius 2 is 1.90 bits per heavy atom. The molecule has 0 atom stereocenters. The molecule has 2 rings (SSSR count). The maximum Gasteiger partial charge on any atom is 0.433 e. The van der Waals surface area contributed by atoms with E-state index < -0.39 is 11.9 Å². The van der Waals surface area contributed by atoms with Gasteiger partial charge in [0.2, 0.25) is 5.28 Å². The highest BCUT2D eigenvalue weighted by molar-refractivity contribution is 6.28. The highest BCUT2D eigenvalue weighted by Crippen LogP contribution is 2.32. The molecule has 118 valence electrons. The van der Waals surface area contributed by atoms with Crippen molar-refractivity contribution in [3.63, 3.8) is 0 Å². The number of aromatic nitrogens is 2. The number of anilines is 1. The van der Waals surface area contributed by atoms with E-state index in [0.717, 1.165) is 37.7 Å². The Morgan fingerprint density at radius 1 is 1.24 bits per heavy atom. The molecule has 0 radical (unpaired) electrons. The van der Waals surface area contributed by atoms with Gasteiger partial charge in [0.25, 0.3) is 0 Å². The average Bonchev–Trinajstić information content (AvgIpc) is 2.40. The van der Waals surface area contributed by atoms with Gasteiger partial charge in [0.1, 0.15) is 5.82 Å². The van der Waals surface area contributed by atoms with E-state index in [2.05, 4.69) is 22.2 Å². The summed E-state index contributed by atoms with van der Waals surface area (Å²) in [6.45, 7) is 2.17. The van der Waals surface area contributed by atoms with Crippen molar-refractivity contribution in [2.75, 3.05) is 5.32 Å². The van der Waals surface area contributed by atoms with Gasteiger partial charge in [0.15, 0.2) is 5.69 Å². The summed E-state index contributed by atoms with van der Waals surface area (Å²) in [6.07, 6.45) is 2.01. The van der Waals surface area contributed by atoms with Crippen LogP contribution in [0.2, 0.25) is 5.28 Å². The second kappa shape index (κ2) is 6.81. The minimum atomic E-state index is -4.51. The standard InChI is InChI=1S/C14H19ClF3N3/c1-2-3-9-4-6-10(7-5-9)19-12-8-11(14(16,17)18)20-13(15)21-12/h8-10H,2-7H2,1H3,(H,19,20,21). The van der Waals surface area contributed by atoms with Crippen molar-refractivity contribution < 1.29 is 13.2 Å². The molecule has 0 aromatic carbocycles. The Balaban J connectivity index is 1.99. The van der Waals surface area contributed by atoms with Crippen LogP contribution >= 0.6 is 11.6 Å². The fourth-order valence-corrected chi connectivity index (χ4v) is 3.03. The van der Waals surface area contributed by atoms with Gasteiger partial charge >= 0.3 is 6.18 Å². The number of rotatable bonds is 4. The van der Waals surface area contributed by atoms with Crippen molar-refractivity contribution in [3.05, 3.63) is 17.0 Å². The van der Waals surface area contributed by atoms with Crippen molar-refractivity contribution in [1.29, 1.82) is 0 Å². The fraction of sp³-hybridized carbons (Fsp3) is 0.714. The number of halogens is 4. The lowest BCUT2D eigenvalue weighted by Gasteiger charge is -2.29. The first-order chi connectivity index (χ1) is 9.88. The summed E-state index contributed by atoms with van der Waals surface area (Å²) in [5, 5.41) is 2.68. The molecule has 3 nitrogen and oxygen atoms in total. The summed E-state index contributed by atoms with van der Waals surface area (Å²) in [7, 11) is 0. The van der Waals surface area contributed by atoms with Crippen LogP contribution in [-0.2, 0) is 6.18 Å². The van der Waals surface area contributed by atoms with Crippen molar-refractivity contribution in [2.24, 2.45) is 5.92 Å². The number of nitrogens with one attached hydrogen (secondary N) is 1. The molecule has 0 aliphatic heterocycles.